The van der Waals surface area contributed by atoms with Crippen molar-refractivity contribution in [3.63, 3.8) is 0 Å². The number of hydrogen-bond acceptors (Lipinski definition) is 10. The van der Waals surface area contributed by atoms with Crippen LogP contribution in [0, 0.1) is 0 Å². The SMILES string of the molecule is O=C1Nc2ccccc2-c2c3nc(c4c5ccc([nH]5)c(c5nc(c(c6ccc2[nH]6)-c2ccccc2NC(=O)[C@@H]2CCCN2C(=O)c2cccc(c2)C(=O)N2CCC[C@H]2C(=O)Nc2ccccc2-4)C=C5)-c2ccccc2NC(=O)[C@@H]2CCCN2C(=O)c2ccc(cc2)C(=O)N2CCC[C@@H]12)C=C3. The summed E-state index contributed by atoms with van der Waals surface area (Å²) in [5, 5.41) is 13.0. The number of carbonyl (C=O) groups is 8. The summed E-state index contributed by atoms with van der Waals surface area (Å²) in [4.78, 5) is 145. The molecular weight excluding hydrogens is 1260 g/mol. The fourth-order valence-electron chi connectivity index (χ4n) is 15.8. The number of aromatic amines is 2. The van der Waals surface area contributed by atoms with E-state index in [4.69, 9.17) is 9.97 Å². The molecule has 494 valence electrons. The molecule has 12 aliphatic heterocycles. The van der Waals surface area contributed by atoms with E-state index in [1.54, 1.807) is 68.1 Å². The monoisotopic (exact) mass is 1320 g/mol. The van der Waals surface area contributed by atoms with Crippen molar-refractivity contribution in [1.29, 1.82) is 0 Å². The highest BCUT2D eigenvalue weighted by Crippen LogP contribution is 2.44. The summed E-state index contributed by atoms with van der Waals surface area (Å²) in [6, 6.07) is 47.0. The number of benzene rings is 6. The first-order valence-electron chi connectivity index (χ1n) is 34.1. The van der Waals surface area contributed by atoms with Gasteiger partial charge in [0.25, 0.3) is 23.6 Å². The minimum absolute atomic E-state index is 0.233. The Hall–Kier alpha value is -12.3. The van der Waals surface area contributed by atoms with Gasteiger partial charge in [0.05, 0.1) is 22.8 Å². The number of aromatic nitrogens is 4. The van der Waals surface area contributed by atoms with Crippen LogP contribution in [0.2, 0.25) is 0 Å². The number of H-pyrrole nitrogens is 2. The van der Waals surface area contributed by atoms with Gasteiger partial charge in [-0.2, -0.15) is 0 Å². The quantitative estimate of drug-likeness (QED) is 0.0837. The van der Waals surface area contributed by atoms with Crippen molar-refractivity contribution < 1.29 is 38.4 Å². The van der Waals surface area contributed by atoms with E-state index < -0.39 is 59.6 Å². The van der Waals surface area contributed by atoms with Gasteiger partial charge in [-0.1, -0.05) is 78.9 Å². The Morgan fingerprint density at radius 1 is 0.290 bits per heavy atom. The van der Waals surface area contributed by atoms with Crippen LogP contribution in [-0.4, -0.2) is 137 Å². The molecule has 8 amide bonds. The van der Waals surface area contributed by atoms with Crippen LogP contribution in [0.15, 0.2) is 170 Å². The van der Waals surface area contributed by atoms with Crippen LogP contribution in [0.1, 0.15) is 116 Å². The summed E-state index contributed by atoms with van der Waals surface area (Å²) in [6.07, 6.45) is 11.4. The lowest BCUT2D eigenvalue weighted by Gasteiger charge is -2.26. The number of hydrogen-bond donors (Lipinski definition) is 6. The van der Waals surface area contributed by atoms with Crippen molar-refractivity contribution in [3.05, 3.63) is 215 Å². The van der Waals surface area contributed by atoms with Crippen molar-refractivity contribution in [2.24, 2.45) is 0 Å². The molecule has 3 aromatic heterocycles. The van der Waals surface area contributed by atoms with E-state index in [2.05, 4.69) is 31.2 Å². The van der Waals surface area contributed by atoms with E-state index in [0.717, 1.165) is 0 Å². The maximum atomic E-state index is 15.2. The summed E-state index contributed by atoms with van der Waals surface area (Å²) in [5.41, 5.74) is 11.7. The lowest BCUT2D eigenvalue weighted by atomic mass is 10.0. The third-order valence-corrected chi connectivity index (χ3v) is 20.6. The van der Waals surface area contributed by atoms with Gasteiger partial charge in [0.15, 0.2) is 0 Å². The smallest absolute Gasteiger partial charge is 0.254 e. The lowest BCUT2D eigenvalue weighted by molar-refractivity contribution is -0.120. The van der Waals surface area contributed by atoms with Crippen molar-refractivity contribution in [1.82, 2.24) is 39.5 Å². The number of anilines is 4. The van der Waals surface area contributed by atoms with E-state index in [1.807, 2.05) is 146 Å². The molecule has 6 N–H and O–H groups in total. The molecule has 100 heavy (non-hydrogen) atoms. The minimum Gasteiger partial charge on any atom is -0.354 e. The molecule has 4 atom stereocenters. The number of carbonyl (C=O) groups excluding carboxylic acids is 8. The lowest BCUT2D eigenvalue weighted by Crippen LogP contribution is -2.44. The number of nitrogens with zero attached hydrogens (tertiary/aromatic N) is 6. The zero-order chi connectivity index (χ0) is 67.9. The van der Waals surface area contributed by atoms with Crippen molar-refractivity contribution in [2.45, 2.75) is 75.5 Å². The summed E-state index contributed by atoms with van der Waals surface area (Å²) < 4.78 is 0. The zero-order valence-electron chi connectivity index (χ0n) is 54.2. The maximum absolute atomic E-state index is 15.2. The molecule has 16 bridgehead atoms. The Morgan fingerprint density at radius 3 is 0.830 bits per heavy atom. The fourth-order valence-corrected chi connectivity index (χ4v) is 15.8. The van der Waals surface area contributed by atoms with Crippen LogP contribution in [0.4, 0.5) is 22.7 Å². The average Bonchev–Trinajstić information content (AvgIpc) is 1.63. The highest BCUT2D eigenvalue weighted by Gasteiger charge is 2.41. The second-order valence-corrected chi connectivity index (χ2v) is 26.4. The predicted molar refractivity (Wildman–Crippen MR) is 384 cm³/mol. The fraction of sp³-hybridized carbons (Fsp3) is 0.200. The predicted octanol–water partition coefficient (Wildman–Crippen LogP) is 12.9. The van der Waals surface area contributed by atoms with Gasteiger partial charge in [0.2, 0.25) is 23.6 Å². The zero-order valence-corrected chi connectivity index (χ0v) is 54.2. The Morgan fingerprint density at radius 2 is 0.550 bits per heavy atom. The molecule has 0 aliphatic carbocycles. The molecular formula is C80H66N12O8. The van der Waals surface area contributed by atoms with Gasteiger partial charge in [0.1, 0.15) is 24.2 Å². The number of amides is 8. The summed E-state index contributed by atoms with van der Waals surface area (Å²) in [7, 11) is 0. The normalized spacial score (nSPS) is 19.8. The first-order valence-corrected chi connectivity index (χ1v) is 34.1. The van der Waals surface area contributed by atoms with E-state index in [1.165, 1.54) is 0 Å². The van der Waals surface area contributed by atoms with Crippen LogP contribution in [0.3, 0.4) is 0 Å². The third-order valence-electron chi connectivity index (χ3n) is 20.6. The molecule has 9 aromatic rings. The molecule has 15 heterocycles. The van der Waals surface area contributed by atoms with Crippen molar-refractivity contribution in [3.8, 4) is 44.5 Å². The number of rotatable bonds is 0. The number of para-hydroxylation sites is 4. The molecule has 6 aromatic carbocycles. The van der Waals surface area contributed by atoms with Gasteiger partial charge in [0, 0.05) is 138 Å². The van der Waals surface area contributed by atoms with Gasteiger partial charge < -0.3 is 50.8 Å². The topological polar surface area (TPSA) is 255 Å². The van der Waals surface area contributed by atoms with E-state index in [-0.39, 0.29) is 22.9 Å². The van der Waals surface area contributed by atoms with E-state index in [0.29, 0.717) is 201 Å². The van der Waals surface area contributed by atoms with Gasteiger partial charge in [-0.15, -0.1) is 0 Å². The van der Waals surface area contributed by atoms with Crippen molar-refractivity contribution in [2.75, 3.05) is 47.4 Å². The molecule has 12 aliphatic rings. The van der Waals surface area contributed by atoms with Gasteiger partial charge in [-0.25, -0.2) is 9.97 Å². The third kappa shape index (κ3) is 10.7. The molecule has 4 fully saturated rings. The molecule has 0 saturated carbocycles. The largest absolute Gasteiger partial charge is 0.354 e. The molecule has 0 unspecified atom stereocenters. The summed E-state index contributed by atoms with van der Waals surface area (Å²) in [6.45, 7) is 1.22. The first-order chi connectivity index (χ1) is 48.9. The van der Waals surface area contributed by atoms with Crippen LogP contribution < -0.4 is 21.3 Å². The number of nitrogens with one attached hydrogen (secondary N) is 6. The summed E-state index contributed by atoms with van der Waals surface area (Å²) >= 11 is 0. The molecule has 0 spiro atoms. The van der Waals surface area contributed by atoms with Crippen LogP contribution in [0.25, 0.3) is 90.9 Å². The minimum atomic E-state index is -0.894. The Kier molecular flexibility index (Phi) is 15.3. The van der Waals surface area contributed by atoms with Crippen LogP contribution >= 0.6 is 0 Å². The standard InChI is InChI=1S/C80H66N12O8/c93-73-65-24-10-40-89(65)77(97)45-28-30-46(31-29-45)78(98)90-41-11-25-66(90)74(94)86-54-21-6-2-17-50(54)70-59-34-38-63(83-59)71-51-18-3-7-22-55(51)87-75(95)67-26-12-42-91(67)79(99)47-14-9-15-48(44-47)80(100)92-43-13-27-68(92)76(96)88-56-23-8-4-19-52(56)72(64-39-35-60(70)84-64)62-37-33-58(82-62)69(57-32-36-61(71)81-57)49-16-1-5-20-53(49)85-73/h1-9,14-23,28-39,44,65-68,81,84H,10-13,24-27,40-43H2,(H,85,93)(H,86,94)(H,87,95)(H,88,96)/t65-,66-,67-,68-/m0/s1. The molecule has 0 radical (unpaired) electrons. The Labute approximate surface area is 573 Å². The second kappa shape index (κ2) is 25.0. The van der Waals surface area contributed by atoms with Crippen LogP contribution in [0.5, 0.6) is 0 Å². The van der Waals surface area contributed by atoms with E-state index >= 15 is 19.2 Å². The highest BCUT2D eigenvalue weighted by molar-refractivity contribution is 6.12. The van der Waals surface area contributed by atoms with Gasteiger partial charge in [-0.3, -0.25) is 38.4 Å². The van der Waals surface area contributed by atoms with Crippen LogP contribution in [-0.2, 0) is 19.2 Å². The highest BCUT2D eigenvalue weighted by atomic mass is 16.2. The molecule has 21 rings (SSSR count). The average molecular weight is 1320 g/mol. The molecule has 20 heteroatoms. The maximum Gasteiger partial charge on any atom is 0.254 e. The Balaban J connectivity index is 0.962. The summed E-state index contributed by atoms with van der Waals surface area (Å²) in [5.74, 6) is -3.19. The number of fused-ring (bicyclic) bond motifs is 2. The van der Waals surface area contributed by atoms with E-state index in [9.17, 15) is 19.2 Å². The second-order valence-electron chi connectivity index (χ2n) is 26.4. The van der Waals surface area contributed by atoms with Gasteiger partial charge >= 0.3 is 0 Å². The molecule has 20 nitrogen and oxygen atoms in total. The Bertz CT molecular complexity index is 4940. The van der Waals surface area contributed by atoms with Crippen molar-refractivity contribution >= 4 is 116 Å². The first kappa shape index (κ1) is 61.3. The van der Waals surface area contributed by atoms with Gasteiger partial charge in [-0.05, 0) is 167 Å². The molecule has 4 saturated heterocycles.